The molecule has 0 saturated carbocycles. The van der Waals surface area contributed by atoms with Crippen molar-refractivity contribution in [3.63, 3.8) is 0 Å². The second-order valence-corrected chi connectivity index (χ2v) is 7.94. The molecular formula is C20H29NO6. The highest BCUT2D eigenvalue weighted by Crippen LogP contribution is 2.30. The molecule has 2 heterocycles. The van der Waals surface area contributed by atoms with Gasteiger partial charge in [0.2, 0.25) is 0 Å². The number of β-amino-alcohol motifs (C(OH)–C–C–N with tert-alkyl or cyclic N) is 1. The highest BCUT2D eigenvalue weighted by atomic mass is 16.7. The standard InChI is InChI=1S/C20H29NO6/c1-20(2,3)27-19(23)21-9-8-16(17(22)12-21)14-4-6-15(7-5-14)26-13-18-24-10-11-25-18/h4-7,16-18,22H,8-13H2,1-3H3. The maximum atomic E-state index is 12.2. The van der Waals surface area contributed by atoms with Gasteiger partial charge in [0.1, 0.15) is 18.0 Å². The number of hydrogen-bond donors (Lipinski definition) is 1. The highest BCUT2D eigenvalue weighted by Gasteiger charge is 2.33. The van der Waals surface area contributed by atoms with E-state index in [0.29, 0.717) is 32.8 Å². The minimum absolute atomic E-state index is 0.0146. The molecule has 3 rings (SSSR count). The number of aliphatic hydroxyl groups is 1. The quantitative estimate of drug-likeness (QED) is 0.866. The zero-order valence-electron chi connectivity index (χ0n) is 16.2. The molecule has 27 heavy (non-hydrogen) atoms. The van der Waals surface area contributed by atoms with Gasteiger partial charge in [0.05, 0.1) is 25.9 Å². The first kappa shape index (κ1) is 19.9. The average Bonchev–Trinajstić information content (AvgIpc) is 3.12. The third kappa shape index (κ3) is 5.57. The molecule has 2 aliphatic rings. The maximum Gasteiger partial charge on any atom is 0.410 e. The van der Waals surface area contributed by atoms with Crippen LogP contribution in [0.5, 0.6) is 5.75 Å². The second-order valence-electron chi connectivity index (χ2n) is 7.94. The minimum Gasteiger partial charge on any atom is -0.488 e. The van der Waals surface area contributed by atoms with E-state index in [9.17, 15) is 9.90 Å². The van der Waals surface area contributed by atoms with Gasteiger partial charge in [-0.15, -0.1) is 0 Å². The zero-order chi connectivity index (χ0) is 19.4. The van der Waals surface area contributed by atoms with Gasteiger partial charge in [-0.05, 0) is 44.9 Å². The van der Waals surface area contributed by atoms with Crippen molar-refractivity contribution in [2.24, 2.45) is 0 Å². The van der Waals surface area contributed by atoms with Gasteiger partial charge in [0.15, 0.2) is 6.29 Å². The summed E-state index contributed by atoms with van der Waals surface area (Å²) < 4.78 is 21.8. The zero-order valence-corrected chi connectivity index (χ0v) is 16.2. The number of carbonyl (C=O) groups excluding carboxylic acids is 1. The molecule has 150 valence electrons. The first-order valence-electron chi connectivity index (χ1n) is 9.44. The van der Waals surface area contributed by atoms with E-state index in [1.165, 1.54) is 0 Å². The van der Waals surface area contributed by atoms with Crippen LogP contribution in [-0.4, -0.2) is 67.0 Å². The van der Waals surface area contributed by atoms with Crippen LogP contribution in [-0.2, 0) is 14.2 Å². The normalized spacial score (nSPS) is 24.1. The molecule has 7 nitrogen and oxygen atoms in total. The van der Waals surface area contributed by atoms with E-state index in [1.54, 1.807) is 4.90 Å². The number of piperidine rings is 1. The monoisotopic (exact) mass is 379 g/mol. The Labute approximate surface area is 160 Å². The third-order valence-electron chi connectivity index (χ3n) is 4.62. The summed E-state index contributed by atoms with van der Waals surface area (Å²) >= 11 is 0. The van der Waals surface area contributed by atoms with Crippen molar-refractivity contribution in [3.8, 4) is 5.75 Å². The van der Waals surface area contributed by atoms with E-state index in [0.717, 1.165) is 11.3 Å². The van der Waals surface area contributed by atoms with Gasteiger partial charge in [-0.25, -0.2) is 4.79 Å². The van der Waals surface area contributed by atoms with Gasteiger partial charge in [0, 0.05) is 12.5 Å². The van der Waals surface area contributed by atoms with E-state index in [1.807, 2.05) is 45.0 Å². The molecule has 2 atom stereocenters. The smallest absolute Gasteiger partial charge is 0.410 e. The van der Waals surface area contributed by atoms with Crippen molar-refractivity contribution in [1.82, 2.24) is 4.90 Å². The summed E-state index contributed by atoms with van der Waals surface area (Å²) in [6.45, 7) is 7.91. The number of carbonyl (C=O) groups is 1. The lowest BCUT2D eigenvalue weighted by molar-refractivity contribution is -0.0684. The van der Waals surface area contributed by atoms with Gasteiger partial charge in [-0.2, -0.15) is 0 Å². The molecule has 2 saturated heterocycles. The molecule has 0 spiro atoms. The van der Waals surface area contributed by atoms with Crippen LogP contribution >= 0.6 is 0 Å². The van der Waals surface area contributed by atoms with E-state index >= 15 is 0 Å². The van der Waals surface area contributed by atoms with Crippen LogP contribution in [0.15, 0.2) is 24.3 Å². The number of benzene rings is 1. The number of nitrogens with zero attached hydrogens (tertiary/aromatic N) is 1. The predicted molar refractivity (Wildman–Crippen MR) is 98.8 cm³/mol. The highest BCUT2D eigenvalue weighted by molar-refractivity contribution is 5.68. The fourth-order valence-electron chi connectivity index (χ4n) is 3.29. The van der Waals surface area contributed by atoms with Gasteiger partial charge in [0.25, 0.3) is 0 Å². The summed E-state index contributed by atoms with van der Waals surface area (Å²) in [5.41, 5.74) is 0.496. The predicted octanol–water partition coefficient (Wildman–Crippen LogP) is 2.52. The number of likely N-dealkylation sites (tertiary alicyclic amines) is 1. The molecule has 0 bridgehead atoms. The first-order chi connectivity index (χ1) is 12.8. The summed E-state index contributed by atoms with van der Waals surface area (Å²) in [7, 11) is 0. The average molecular weight is 379 g/mol. The summed E-state index contributed by atoms with van der Waals surface area (Å²) in [6, 6.07) is 7.69. The van der Waals surface area contributed by atoms with Crippen molar-refractivity contribution in [2.75, 3.05) is 32.9 Å². The third-order valence-corrected chi connectivity index (χ3v) is 4.62. The molecule has 1 N–H and O–H groups in total. The summed E-state index contributed by atoms with van der Waals surface area (Å²) in [6.07, 6.45) is -0.619. The number of aliphatic hydroxyl groups excluding tert-OH is 1. The molecule has 0 aliphatic carbocycles. The summed E-state index contributed by atoms with van der Waals surface area (Å²) in [5.74, 6) is 0.720. The first-order valence-corrected chi connectivity index (χ1v) is 9.44. The van der Waals surface area contributed by atoms with Crippen molar-refractivity contribution in [2.45, 2.75) is 51.1 Å². The van der Waals surface area contributed by atoms with Gasteiger partial charge >= 0.3 is 6.09 Å². The fraction of sp³-hybridized carbons (Fsp3) is 0.650. The summed E-state index contributed by atoms with van der Waals surface area (Å²) in [5, 5.41) is 10.5. The van der Waals surface area contributed by atoms with Crippen molar-refractivity contribution in [3.05, 3.63) is 29.8 Å². The molecule has 1 aromatic rings. The van der Waals surface area contributed by atoms with Crippen LogP contribution in [0.4, 0.5) is 4.79 Å². The Hall–Kier alpha value is -1.83. The lowest BCUT2D eigenvalue weighted by Gasteiger charge is -2.36. The number of rotatable bonds is 4. The largest absolute Gasteiger partial charge is 0.488 e. The fourth-order valence-corrected chi connectivity index (χ4v) is 3.29. The number of ether oxygens (including phenoxy) is 4. The number of hydrogen-bond acceptors (Lipinski definition) is 6. The Balaban J connectivity index is 1.52. The Kier molecular flexibility index (Phi) is 6.24. The topological polar surface area (TPSA) is 77.5 Å². The summed E-state index contributed by atoms with van der Waals surface area (Å²) in [4.78, 5) is 13.8. The SMILES string of the molecule is CC(C)(C)OC(=O)N1CCC(c2ccc(OCC3OCCO3)cc2)C(O)C1. The molecule has 2 aliphatic heterocycles. The Bertz CT molecular complexity index is 620. The second kappa shape index (κ2) is 8.46. The van der Waals surface area contributed by atoms with E-state index in [2.05, 4.69) is 0 Å². The Morgan fingerprint density at radius 3 is 2.48 bits per heavy atom. The van der Waals surface area contributed by atoms with Crippen LogP contribution in [0, 0.1) is 0 Å². The molecular weight excluding hydrogens is 350 g/mol. The lowest BCUT2D eigenvalue weighted by atomic mass is 9.87. The van der Waals surface area contributed by atoms with E-state index in [-0.39, 0.29) is 24.8 Å². The molecule has 0 aromatic heterocycles. The van der Waals surface area contributed by atoms with Crippen LogP contribution in [0.3, 0.4) is 0 Å². The minimum atomic E-state index is -0.627. The van der Waals surface area contributed by atoms with E-state index < -0.39 is 11.7 Å². The van der Waals surface area contributed by atoms with Crippen LogP contribution < -0.4 is 4.74 Å². The molecule has 2 fully saturated rings. The van der Waals surface area contributed by atoms with Crippen LogP contribution in [0.2, 0.25) is 0 Å². The van der Waals surface area contributed by atoms with Gasteiger partial charge in [-0.1, -0.05) is 12.1 Å². The van der Waals surface area contributed by atoms with Gasteiger partial charge in [-0.3, -0.25) is 0 Å². The van der Waals surface area contributed by atoms with Crippen LogP contribution in [0.1, 0.15) is 38.7 Å². The van der Waals surface area contributed by atoms with Crippen molar-refractivity contribution >= 4 is 6.09 Å². The number of amides is 1. The maximum absolute atomic E-state index is 12.2. The Morgan fingerprint density at radius 1 is 1.22 bits per heavy atom. The van der Waals surface area contributed by atoms with E-state index in [4.69, 9.17) is 18.9 Å². The van der Waals surface area contributed by atoms with Crippen molar-refractivity contribution < 1.29 is 28.8 Å². The van der Waals surface area contributed by atoms with Crippen LogP contribution in [0.25, 0.3) is 0 Å². The molecule has 0 radical (unpaired) electrons. The lowest BCUT2D eigenvalue weighted by Crippen LogP contribution is -2.47. The van der Waals surface area contributed by atoms with Crippen molar-refractivity contribution in [1.29, 1.82) is 0 Å². The molecule has 1 aromatic carbocycles. The molecule has 2 unspecified atom stereocenters. The van der Waals surface area contributed by atoms with Gasteiger partial charge < -0.3 is 29.0 Å². The Morgan fingerprint density at radius 2 is 1.89 bits per heavy atom. The molecule has 1 amide bonds. The molecule has 7 heteroatoms.